The van der Waals surface area contributed by atoms with Gasteiger partial charge in [0, 0.05) is 19.5 Å². The van der Waals surface area contributed by atoms with Crippen LogP contribution in [-0.2, 0) is 14.3 Å². The number of unbranched alkanes of at least 4 members (excludes halogenated alkanes) is 12. The third-order valence-corrected chi connectivity index (χ3v) is 5.93. The molecule has 0 atom stereocenters. The van der Waals surface area contributed by atoms with Gasteiger partial charge in [0.05, 0.1) is 13.2 Å². The highest BCUT2D eigenvalue weighted by Gasteiger charge is 2.26. The summed E-state index contributed by atoms with van der Waals surface area (Å²) in [5.74, 6) is -0.134. The van der Waals surface area contributed by atoms with Gasteiger partial charge in [0.25, 0.3) is 0 Å². The summed E-state index contributed by atoms with van der Waals surface area (Å²) < 4.78 is 10.6. The van der Waals surface area contributed by atoms with Gasteiger partial charge in [-0.3, -0.25) is 4.79 Å². The molecule has 8 nitrogen and oxygen atoms in total. The van der Waals surface area contributed by atoms with Gasteiger partial charge in [0.15, 0.2) is 0 Å². The van der Waals surface area contributed by atoms with E-state index in [1.54, 1.807) is 0 Å². The summed E-state index contributed by atoms with van der Waals surface area (Å²) in [5, 5.41) is 12.2. The molecule has 0 heterocycles. The van der Waals surface area contributed by atoms with Crippen molar-refractivity contribution in [3.8, 4) is 0 Å². The van der Waals surface area contributed by atoms with E-state index in [4.69, 9.17) is 9.47 Å². The van der Waals surface area contributed by atoms with Crippen LogP contribution in [0.5, 0.6) is 0 Å². The van der Waals surface area contributed by atoms with Gasteiger partial charge in [-0.25, -0.2) is 19.6 Å². The lowest BCUT2D eigenvalue weighted by Gasteiger charge is -2.32. The van der Waals surface area contributed by atoms with Crippen LogP contribution >= 0.6 is 0 Å². The normalized spacial score (nSPS) is 10.7. The Hall–Kier alpha value is -1.99. The molecule has 0 bridgehead atoms. The van der Waals surface area contributed by atoms with Crippen molar-refractivity contribution in [2.75, 3.05) is 26.3 Å². The first-order valence-electron chi connectivity index (χ1n) is 14.1. The first kappa shape index (κ1) is 33.0. The molecule has 0 rings (SSSR count). The Kier molecular flexibility index (Phi) is 22.4. The van der Waals surface area contributed by atoms with E-state index in [9.17, 15) is 19.5 Å². The maximum Gasteiger partial charge on any atom is 0.428 e. The average Bonchev–Trinajstić information content (AvgIpc) is 2.84. The van der Waals surface area contributed by atoms with Gasteiger partial charge in [0.1, 0.15) is 0 Å². The van der Waals surface area contributed by atoms with Crippen LogP contribution in [0, 0.1) is 0 Å². The lowest BCUT2D eigenvalue weighted by atomic mass is 10.1. The number of ether oxygens (including phenoxy) is 2. The van der Waals surface area contributed by atoms with Gasteiger partial charge < -0.3 is 14.6 Å². The highest BCUT2D eigenvalue weighted by Crippen LogP contribution is 2.12. The largest absolute Gasteiger partial charge is 0.466 e. The molecule has 0 radical (unpaired) electrons. The second-order valence-electron chi connectivity index (χ2n) is 9.21. The maximum absolute atomic E-state index is 12.7. The topological polar surface area (TPSA) is 96.4 Å². The predicted molar refractivity (Wildman–Crippen MR) is 139 cm³/mol. The van der Waals surface area contributed by atoms with Crippen LogP contribution in [0.1, 0.15) is 130 Å². The van der Waals surface area contributed by atoms with Gasteiger partial charge in [-0.05, 0) is 32.1 Å². The Balaban J connectivity index is 4.44. The minimum absolute atomic E-state index is 0.134. The standard InChI is InChI=1S/C27H52N2O6/c1-4-7-10-13-17-22-29(27(33)35-24-19-9-6-3)28(26(31)32)21-16-14-11-12-15-20-25(30)34-23-18-8-5-2/h4-24H2,1-3H3,(H,31,32). The van der Waals surface area contributed by atoms with Gasteiger partial charge >= 0.3 is 18.2 Å². The van der Waals surface area contributed by atoms with Crippen molar-refractivity contribution in [1.82, 2.24) is 10.0 Å². The molecule has 35 heavy (non-hydrogen) atoms. The number of carboxylic acid groups (broad SMARTS) is 1. The average molecular weight is 501 g/mol. The summed E-state index contributed by atoms with van der Waals surface area (Å²) >= 11 is 0. The number of hydrazine groups is 1. The van der Waals surface area contributed by atoms with Crippen molar-refractivity contribution in [2.45, 2.75) is 130 Å². The number of carbonyl (C=O) groups is 3. The van der Waals surface area contributed by atoms with Crippen molar-refractivity contribution in [1.29, 1.82) is 0 Å². The smallest absolute Gasteiger partial charge is 0.428 e. The van der Waals surface area contributed by atoms with Crippen molar-refractivity contribution in [2.24, 2.45) is 0 Å². The summed E-state index contributed by atoms with van der Waals surface area (Å²) in [6, 6.07) is 0. The molecule has 0 aliphatic carbocycles. The first-order valence-corrected chi connectivity index (χ1v) is 14.1. The number of hydrogen-bond donors (Lipinski definition) is 1. The molecule has 0 aliphatic rings. The van der Waals surface area contributed by atoms with Crippen molar-refractivity contribution >= 4 is 18.2 Å². The molecular weight excluding hydrogens is 448 g/mol. The first-order chi connectivity index (χ1) is 17.0. The number of amides is 2. The number of hydrogen-bond acceptors (Lipinski definition) is 5. The third kappa shape index (κ3) is 18.9. The van der Waals surface area contributed by atoms with Crippen molar-refractivity contribution in [3.05, 3.63) is 0 Å². The monoisotopic (exact) mass is 500 g/mol. The third-order valence-electron chi connectivity index (χ3n) is 5.93. The molecule has 0 unspecified atom stereocenters. The van der Waals surface area contributed by atoms with Crippen LogP contribution in [0.3, 0.4) is 0 Å². The summed E-state index contributed by atoms with van der Waals surface area (Å²) in [4.78, 5) is 36.3. The van der Waals surface area contributed by atoms with Gasteiger partial charge in [0.2, 0.25) is 0 Å². The maximum atomic E-state index is 12.7. The molecule has 8 heteroatoms. The SMILES string of the molecule is CCCCCCCN(C(=O)OCCCCC)N(CCCCCCCC(=O)OCCCCC)C(=O)O. The van der Waals surface area contributed by atoms with E-state index in [0.717, 1.165) is 101 Å². The Morgan fingerprint density at radius 3 is 1.60 bits per heavy atom. The lowest BCUT2D eigenvalue weighted by Crippen LogP contribution is -2.50. The number of nitrogens with zero attached hydrogens (tertiary/aromatic N) is 2. The van der Waals surface area contributed by atoms with Crippen LogP contribution < -0.4 is 0 Å². The highest BCUT2D eigenvalue weighted by molar-refractivity contribution is 5.73. The predicted octanol–water partition coefficient (Wildman–Crippen LogP) is 7.55. The molecule has 2 amide bonds. The number of rotatable bonds is 22. The van der Waals surface area contributed by atoms with E-state index in [1.807, 2.05) is 0 Å². The zero-order valence-corrected chi connectivity index (χ0v) is 22.7. The quantitative estimate of drug-likeness (QED) is 0.0936. The fraction of sp³-hybridized carbons (Fsp3) is 0.889. The fourth-order valence-corrected chi connectivity index (χ4v) is 3.75. The molecule has 0 aliphatic heterocycles. The Morgan fingerprint density at radius 1 is 0.571 bits per heavy atom. The summed E-state index contributed by atoms with van der Waals surface area (Å²) in [7, 11) is 0. The lowest BCUT2D eigenvalue weighted by molar-refractivity contribution is -0.143. The zero-order valence-electron chi connectivity index (χ0n) is 22.7. The molecular formula is C27H52N2O6. The molecule has 206 valence electrons. The van der Waals surface area contributed by atoms with Crippen LogP contribution in [-0.4, -0.2) is 59.6 Å². The second-order valence-corrected chi connectivity index (χ2v) is 9.21. The fourth-order valence-electron chi connectivity index (χ4n) is 3.75. The van der Waals surface area contributed by atoms with Crippen molar-refractivity contribution in [3.63, 3.8) is 0 Å². The minimum atomic E-state index is -1.13. The molecule has 0 saturated heterocycles. The Morgan fingerprint density at radius 2 is 1.03 bits per heavy atom. The summed E-state index contributed by atoms with van der Waals surface area (Å²) in [6.07, 6.45) is 13.8. The Labute approximate surface area is 213 Å². The number of esters is 1. The van der Waals surface area contributed by atoms with E-state index < -0.39 is 12.2 Å². The molecule has 0 aromatic heterocycles. The van der Waals surface area contributed by atoms with Crippen LogP contribution in [0.25, 0.3) is 0 Å². The van der Waals surface area contributed by atoms with E-state index in [2.05, 4.69) is 20.8 Å². The zero-order chi connectivity index (χ0) is 26.2. The van der Waals surface area contributed by atoms with E-state index in [0.29, 0.717) is 32.6 Å². The van der Waals surface area contributed by atoms with Gasteiger partial charge in [-0.2, -0.15) is 0 Å². The molecule has 0 aromatic carbocycles. The molecule has 0 spiro atoms. The van der Waals surface area contributed by atoms with E-state index in [-0.39, 0.29) is 12.5 Å². The molecule has 0 aromatic rings. The highest BCUT2D eigenvalue weighted by atomic mass is 16.6. The molecule has 1 N–H and O–H groups in total. The van der Waals surface area contributed by atoms with Gasteiger partial charge in [-0.15, -0.1) is 0 Å². The Bertz CT molecular complexity index is 544. The van der Waals surface area contributed by atoms with Gasteiger partial charge in [-0.1, -0.05) is 91.4 Å². The van der Waals surface area contributed by atoms with E-state index >= 15 is 0 Å². The number of carbonyl (C=O) groups excluding carboxylic acids is 2. The molecule has 0 saturated carbocycles. The summed E-state index contributed by atoms with van der Waals surface area (Å²) in [5.41, 5.74) is 0. The van der Waals surface area contributed by atoms with Crippen molar-refractivity contribution < 1.29 is 29.0 Å². The molecule has 0 fully saturated rings. The van der Waals surface area contributed by atoms with E-state index in [1.165, 1.54) is 5.01 Å². The second kappa shape index (κ2) is 23.7. The van der Waals surface area contributed by atoms with Crippen LogP contribution in [0.15, 0.2) is 0 Å². The van der Waals surface area contributed by atoms with Crippen LogP contribution in [0.4, 0.5) is 9.59 Å². The minimum Gasteiger partial charge on any atom is -0.466 e. The summed E-state index contributed by atoms with van der Waals surface area (Å²) in [6.45, 7) is 7.77. The van der Waals surface area contributed by atoms with Crippen LogP contribution in [0.2, 0.25) is 0 Å².